The molecule has 1 N–H and O–H groups in total. The van der Waals surface area contributed by atoms with Gasteiger partial charge in [-0.25, -0.2) is 8.42 Å². The molecule has 3 rings (SSSR count). The van der Waals surface area contributed by atoms with Gasteiger partial charge in [-0.15, -0.1) is 0 Å². The molecule has 3 heterocycles. The fraction of sp³-hybridized carbons (Fsp3) is 0.214. The first kappa shape index (κ1) is 16.5. The topological polar surface area (TPSA) is 114 Å². The van der Waals surface area contributed by atoms with Crippen molar-refractivity contribution in [2.24, 2.45) is 0 Å². The van der Waals surface area contributed by atoms with Crippen LogP contribution in [0.5, 0.6) is 0 Å². The van der Waals surface area contributed by atoms with E-state index in [1.807, 2.05) is 0 Å². The minimum absolute atomic E-state index is 0.158. The lowest BCUT2D eigenvalue weighted by atomic mass is 10.3. The molecule has 2 aliphatic rings. The lowest BCUT2D eigenvalue weighted by Crippen LogP contribution is -2.43. The molecule has 0 bridgehead atoms. The molecule has 2 aliphatic heterocycles. The van der Waals surface area contributed by atoms with Crippen molar-refractivity contribution >= 4 is 44.7 Å². The second-order valence-corrected chi connectivity index (χ2v) is 8.04. The Hall–Kier alpha value is -2.33. The van der Waals surface area contributed by atoms with Crippen LogP contribution in [0.15, 0.2) is 39.2 Å². The summed E-state index contributed by atoms with van der Waals surface area (Å²) in [7, 11) is -3.29. The van der Waals surface area contributed by atoms with Crippen molar-refractivity contribution in [2.45, 2.75) is 6.04 Å². The molecule has 1 aromatic rings. The summed E-state index contributed by atoms with van der Waals surface area (Å²) in [6.07, 6.45) is 4.22. The number of carbonyl (C=O) groups excluding carboxylic acids is 3. The highest BCUT2D eigenvalue weighted by Crippen LogP contribution is 2.32. The molecule has 0 radical (unpaired) electrons. The number of thioether (sulfide) groups is 1. The summed E-state index contributed by atoms with van der Waals surface area (Å²) >= 11 is 0.713. The third-order valence-corrected chi connectivity index (χ3v) is 5.57. The summed E-state index contributed by atoms with van der Waals surface area (Å²) in [5, 5.41) is 2.93. The first-order chi connectivity index (χ1) is 11.3. The van der Waals surface area contributed by atoms with Crippen LogP contribution >= 0.6 is 11.8 Å². The fourth-order valence-corrected chi connectivity index (χ4v) is 4.25. The van der Waals surface area contributed by atoms with Crippen LogP contribution in [0, 0.1) is 0 Å². The van der Waals surface area contributed by atoms with Crippen molar-refractivity contribution in [2.75, 3.05) is 12.3 Å². The van der Waals surface area contributed by atoms with E-state index in [9.17, 15) is 22.8 Å². The zero-order valence-electron chi connectivity index (χ0n) is 12.2. The zero-order valence-corrected chi connectivity index (χ0v) is 13.8. The second-order valence-electron chi connectivity index (χ2n) is 5.12. The van der Waals surface area contributed by atoms with Gasteiger partial charge in [0, 0.05) is 11.5 Å². The maximum Gasteiger partial charge on any atom is 0.294 e. The van der Waals surface area contributed by atoms with E-state index in [1.54, 1.807) is 12.1 Å². The van der Waals surface area contributed by atoms with Crippen LogP contribution in [0.3, 0.4) is 0 Å². The van der Waals surface area contributed by atoms with Crippen molar-refractivity contribution in [3.63, 3.8) is 0 Å². The van der Waals surface area contributed by atoms with Gasteiger partial charge in [0.1, 0.15) is 12.3 Å². The molecule has 0 aliphatic carbocycles. The van der Waals surface area contributed by atoms with Gasteiger partial charge < -0.3 is 9.73 Å². The third-order valence-electron chi connectivity index (χ3n) is 3.27. The summed E-state index contributed by atoms with van der Waals surface area (Å²) in [4.78, 5) is 37.0. The summed E-state index contributed by atoms with van der Waals surface area (Å²) < 4.78 is 27.7. The Kier molecular flexibility index (Phi) is 4.33. The number of carbonyl (C=O) groups is 3. The van der Waals surface area contributed by atoms with Crippen molar-refractivity contribution < 1.29 is 27.2 Å². The first-order valence-electron chi connectivity index (χ1n) is 6.83. The van der Waals surface area contributed by atoms with Gasteiger partial charge in [0.05, 0.1) is 23.0 Å². The molecule has 1 saturated heterocycles. The molecule has 126 valence electrons. The Morgan fingerprint density at radius 2 is 2.25 bits per heavy atom. The van der Waals surface area contributed by atoms with Crippen molar-refractivity contribution in [3.05, 3.63) is 40.5 Å². The van der Waals surface area contributed by atoms with E-state index in [0.29, 0.717) is 17.5 Å². The highest BCUT2D eigenvalue weighted by Gasteiger charge is 2.37. The fourth-order valence-electron chi connectivity index (χ4n) is 2.20. The molecule has 24 heavy (non-hydrogen) atoms. The SMILES string of the molecule is O=C(CN1C(=O)S/C(=C\c2ccco2)C1=O)NC1C=CS(=O)(=O)C1. The number of sulfone groups is 1. The van der Waals surface area contributed by atoms with E-state index in [4.69, 9.17) is 4.42 Å². The third kappa shape index (κ3) is 3.60. The number of imide groups is 1. The molecule has 1 fully saturated rings. The Morgan fingerprint density at radius 1 is 1.46 bits per heavy atom. The number of amides is 3. The molecule has 0 spiro atoms. The van der Waals surface area contributed by atoms with Gasteiger partial charge in [-0.3, -0.25) is 19.3 Å². The van der Waals surface area contributed by atoms with Crippen LogP contribution < -0.4 is 5.32 Å². The summed E-state index contributed by atoms with van der Waals surface area (Å²) in [5.74, 6) is -1.00. The molecule has 1 aromatic heterocycles. The van der Waals surface area contributed by atoms with Gasteiger partial charge in [-0.05, 0) is 30.0 Å². The van der Waals surface area contributed by atoms with E-state index in [2.05, 4.69) is 5.32 Å². The normalized spacial score (nSPS) is 24.1. The number of rotatable bonds is 4. The van der Waals surface area contributed by atoms with Crippen molar-refractivity contribution in [1.29, 1.82) is 0 Å². The van der Waals surface area contributed by atoms with Crippen LogP contribution in [0.2, 0.25) is 0 Å². The zero-order chi connectivity index (χ0) is 17.3. The number of nitrogens with one attached hydrogen (secondary N) is 1. The van der Waals surface area contributed by atoms with E-state index >= 15 is 0 Å². The Balaban J connectivity index is 1.63. The summed E-state index contributed by atoms with van der Waals surface area (Å²) in [6.45, 7) is -0.468. The Morgan fingerprint density at radius 3 is 2.88 bits per heavy atom. The largest absolute Gasteiger partial charge is 0.465 e. The maximum atomic E-state index is 12.2. The average Bonchev–Trinajstić information content (AvgIpc) is 3.17. The molecular formula is C14H12N2O6S2. The molecule has 0 saturated carbocycles. The van der Waals surface area contributed by atoms with Gasteiger partial charge in [0.15, 0.2) is 9.84 Å². The monoisotopic (exact) mass is 368 g/mol. The Labute approximate surface area is 141 Å². The van der Waals surface area contributed by atoms with Gasteiger partial charge in [-0.1, -0.05) is 0 Å². The number of hydrogen-bond acceptors (Lipinski definition) is 7. The molecule has 1 atom stereocenters. The van der Waals surface area contributed by atoms with E-state index in [-0.39, 0.29) is 10.7 Å². The van der Waals surface area contributed by atoms with E-state index in [0.717, 1.165) is 10.3 Å². The number of hydrogen-bond donors (Lipinski definition) is 1. The molecule has 0 aromatic carbocycles. The highest BCUT2D eigenvalue weighted by molar-refractivity contribution is 8.18. The van der Waals surface area contributed by atoms with Crippen molar-refractivity contribution in [1.82, 2.24) is 10.2 Å². The molecule has 8 nitrogen and oxygen atoms in total. The van der Waals surface area contributed by atoms with Crippen LogP contribution in [0.1, 0.15) is 5.76 Å². The highest BCUT2D eigenvalue weighted by atomic mass is 32.2. The van der Waals surface area contributed by atoms with Crippen LogP contribution in [-0.2, 0) is 19.4 Å². The molecule has 3 amide bonds. The van der Waals surface area contributed by atoms with Gasteiger partial charge in [0.25, 0.3) is 11.1 Å². The second kappa shape index (κ2) is 6.29. The Bertz CT molecular complexity index is 854. The number of furan rings is 1. The van der Waals surface area contributed by atoms with Gasteiger partial charge in [0.2, 0.25) is 5.91 Å². The lowest BCUT2D eigenvalue weighted by Gasteiger charge is -2.14. The predicted molar refractivity (Wildman–Crippen MR) is 86.2 cm³/mol. The average molecular weight is 368 g/mol. The number of nitrogens with zero attached hydrogens (tertiary/aromatic N) is 1. The molecule has 1 unspecified atom stereocenters. The molecule has 10 heteroatoms. The quantitative estimate of drug-likeness (QED) is 0.780. The minimum atomic E-state index is -3.29. The van der Waals surface area contributed by atoms with E-state index < -0.39 is 39.5 Å². The standard InChI is InChI=1S/C14H12N2O6S2/c17-12(15-9-3-5-24(20,21)8-9)7-16-13(18)11(23-14(16)19)6-10-2-1-4-22-10/h1-6,9H,7-8H2,(H,15,17)/b11-6-. The van der Waals surface area contributed by atoms with E-state index in [1.165, 1.54) is 18.4 Å². The molecular weight excluding hydrogens is 356 g/mol. The lowest BCUT2D eigenvalue weighted by molar-refractivity contribution is -0.129. The van der Waals surface area contributed by atoms with Crippen LogP contribution in [-0.4, -0.2) is 48.7 Å². The smallest absolute Gasteiger partial charge is 0.294 e. The predicted octanol–water partition coefficient (Wildman–Crippen LogP) is 0.743. The summed E-state index contributed by atoms with van der Waals surface area (Å²) in [6, 6.07) is 2.63. The van der Waals surface area contributed by atoms with Crippen molar-refractivity contribution in [3.8, 4) is 0 Å². The van der Waals surface area contributed by atoms with Crippen LogP contribution in [0.4, 0.5) is 4.79 Å². The van der Waals surface area contributed by atoms with Gasteiger partial charge >= 0.3 is 0 Å². The van der Waals surface area contributed by atoms with Gasteiger partial charge in [-0.2, -0.15) is 0 Å². The first-order valence-corrected chi connectivity index (χ1v) is 9.36. The maximum absolute atomic E-state index is 12.2. The minimum Gasteiger partial charge on any atom is -0.465 e. The van der Waals surface area contributed by atoms with Crippen LogP contribution in [0.25, 0.3) is 6.08 Å². The summed E-state index contributed by atoms with van der Waals surface area (Å²) in [5.41, 5.74) is 0.